The third-order valence-electron chi connectivity index (χ3n) is 6.21. The fraction of sp³-hybridized carbons (Fsp3) is 0.250. The molecule has 5 rings (SSSR count). The van der Waals surface area contributed by atoms with E-state index in [9.17, 15) is 19.5 Å². The number of hydrogen-bond acceptors (Lipinski definition) is 4. The lowest BCUT2D eigenvalue weighted by molar-refractivity contribution is -0.122. The van der Waals surface area contributed by atoms with Crippen molar-refractivity contribution in [1.82, 2.24) is 4.98 Å². The molecule has 1 aromatic heterocycles. The largest absolute Gasteiger partial charge is 0.478 e. The molecule has 0 bridgehead atoms. The number of benzene rings is 2. The molecule has 3 aromatic rings. The van der Waals surface area contributed by atoms with Crippen LogP contribution in [0.4, 0.5) is 5.69 Å². The molecule has 2 atom stereocenters. The van der Waals surface area contributed by atoms with E-state index in [0.29, 0.717) is 22.3 Å². The van der Waals surface area contributed by atoms with Crippen molar-refractivity contribution >= 4 is 34.4 Å². The van der Waals surface area contributed by atoms with Crippen molar-refractivity contribution in [2.45, 2.75) is 25.7 Å². The lowest BCUT2D eigenvalue weighted by Crippen LogP contribution is -2.30. The van der Waals surface area contributed by atoms with Gasteiger partial charge in [-0.3, -0.25) is 14.5 Å². The Kier molecular flexibility index (Phi) is 4.35. The number of amides is 2. The van der Waals surface area contributed by atoms with Crippen LogP contribution in [0.25, 0.3) is 22.2 Å². The van der Waals surface area contributed by atoms with Gasteiger partial charge in [0.25, 0.3) is 0 Å². The molecular weight excluding hydrogens is 380 g/mol. The highest BCUT2D eigenvalue weighted by molar-refractivity contribution is 6.22. The van der Waals surface area contributed by atoms with Gasteiger partial charge in [-0.2, -0.15) is 0 Å². The van der Waals surface area contributed by atoms with Gasteiger partial charge >= 0.3 is 5.97 Å². The molecule has 150 valence electrons. The second-order valence-electron chi connectivity index (χ2n) is 7.93. The molecule has 1 aliphatic heterocycles. The summed E-state index contributed by atoms with van der Waals surface area (Å²) in [7, 11) is 0. The van der Waals surface area contributed by atoms with E-state index < -0.39 is 5.97 Å². The molecule has 2 aliphatic rings. The van der Waals surface area contributed by atoms with Gasteiger partial charge in [-0.05, 0) is 37.1 Å². The van der Waals surface area contributed by atoms with Crippen molar-refractivity contribution in [3.8, 4) is 11.3 Å². The Labute approximate surface area is 173 Å². The number of carboxylic acid groups (broad SMARTS) is 1. The number of fused-ring (bicyclic) bond motifs is 2. The number of anilines is 1. The summed E-state index contributed by atoms with van der Waals surface area (Å²) in [6.07, 6.45) is 3.55. The zero-order valence-corrected chi connectivity index (χ0v) is 16.2. The van der Waals surface area contributed by atoms with Crippen molar-refractivity contribution in [2.24, 2.45) is 11.8 Å². The number of carboxylic acids is 1. The average Bonchev–Trinajstić information content (AvgIpc) is 3.03. The average molecular weight is 400 g/mol. The van der Waals surface area contributed by atoms with Gasteiger partial charge in [0.1, 0.15) is 0 Å². The van der Waals surface area contributed by atoms with Crippen LogP contribution in [0.15, 0.2) is 54.6 Å². The summed E-state index contributed by atoms with van der Waals surface area (Å²) in [6.45, 7) is 0. The Morgan fingerprint density at radius 1 is 0.933 bits per heavy atom. The SMILES string of the molecule is O=C(O)c1cc(-c2ccc(N3C(=O)C4CCCCC4C3=O)cc2)nc2ccccc12. The predicted molar refractivity (Wildman–Crippen MR) is 112 cm³/mol. The Balaban J connectivity index is 1.51. The lowest BCUT2D eigenvalue weighted by atomic mass is 9.81. The number of carbonyl (C=O) groups is 3. The Morgan fingerprint density at radius 3 is 2.20 bits per heavy atom. The van der Waals surface area contributed by atoms with Crippen molar-refractivity contribution in [2.75, 3.05) is 4.90 Å². The molecule has 2 heterocycles. The second kappa shape index (κ2) is 7.06. The summed E-state index contributed by atoms with van der Waals surface area (Å²) in [5.41, 5.74) is 2.61. The van der Waals surface area contributed by atoms with Gasteiger partial charge in [0.2, 0.25) is 11.8 Å². The van der Waals surface area contributed by atoms with Crippen LogP contribution in [0.1, 0.15) is 36.0 Å². The summed E-state index contributed by atoms with van der Waals surface area (Å²) >= 11 is 0. The van der Waals surface area contributed by atoms with Crippen molar-refractivity contribution in [1.29, 1.82) is 0 Å². The number of para-hydroxylation sites is 1. The van der Waals surface area contributed by atoms with Crippen LogP contribution >= 0.6 is 0 Å². The van der Waals surface area contributed by atoms with Crippen LogP contribution < -0.4 is 4.90 Å². The number of imide groups is 1. The first kappa shape index (κ1) is 18.5. The monoisotopic (exact) mass is 400 g/mol. The Hall–Kier alpha value is -3.54. The molecule has 1 aliphatic carbocycles. The molecule has 2 unspecified atom stereocenters. The Morgan fingerprint density at radius 2 is 1.57 bits per heavy atom. The normalized spacial score (nSPS) is 21.1. The maximum absolute atomic E-state index is 12.8. The third kappa shape index (κ3) is 2.87. The van der Waals surface area contributed by atoms with E-state index in [-0.39, 0.29) is 29.2 Å². The number of hydrogen-bond donors (Lipinski definition) is 1. The quantitative estimate of drug-likeness (QED) is 0.663. The first-order chi connectivity index (χ1) is 14.5. The molecule has 2 amide bonds. The minimum atomic E-state index is -1.01. The van der Waals surface area contributed by atoms with Gasteiger partial charge < -0.3 is 5.11 Å². The van der Waals surface area contributed by atoms with E-state index in [1.807, 2.05) is 6.07 Å². The number of rotatable bonds is 3. The van der Waals surface area contributed by atoms with E-state index in [2.05, 4.69) is 4.98 Å². The summed E-state index contributed by atoms with van der Waals surface area (Å²) in [5.74, 6) is -1.59. The molecule has 2 fully saturated rings. The van der Waals surface area contributed by atoms with Crippen LogP contribution in [0.5, 0.6) is 0 Å². The number of aromatic carboxylic acids is 1. The minimum absolute atomic E-state index is 0.102. The van der Waals surface area contributed by atoms with Gasteiger partial charge in [-0.25, -0.2) is 9.78 Å². The van der Waals surface area contributed by atoms with Crippen LogP contribution in [0, 0.1) is 11.8 Å². The van der Waals surface area contributed by atoms with Gasteiger partial charge in [-0.1, -0.05) is 43.2 Å². The van der Waals surface area contributed by atoms with Gasteiger partial charge in [-0.15, -0.1) is 0 Å². The molecule has 0 spiro atoms. The van der Waals surface area contributed by atoms with Crippen molar-refractivity contribution in [3.05, 3.63) is 60.2 Å². The van der Waals surface area contributed by atoms with E-state index in [1.165, 1.54) is 4.90 Å². The first-order valence-corrected chi connectivity index (χ1v) is 10.2. The molecule has 1 saturated heterocycles. The van der Waals surface area contributed by atoms with E-state index >= 15 is 0 Å². The highest BCUT2D eigenvalue weighted by Gasteiger charge is 2.48. The summed E-state index contributed by atoms with van der Waals surface area (Å²) in [5, 5.41) is 10.2. The van der Waals surface area contributed by atoms with Gasteiger partial charge in [0, 0.05) is 10.9 Å². The van der Waals surface area contributed by atoms with Gasteiger partial charge in [0.05, 0.1) is 34.3 Å². The van der Waals surface area contributed by atoms with E-state index in [1.54, 1.807) is 48.5 Å². The number of pyridine rings is 1. The fourth-order valence-corrected chi connectivity index (χ4v) is 4.70. The predicted octanol–water partition coefficient (Wildman–Crippen LogP) is 4.28. The standard InChI is InChI=1S/C24H20N2O4/c27-22-17-6-1-2-7-18(17)23(28)26(22)15-11-9-14(10-12-15)21-13-19(24(29)30)16-5-3-4-8-20(16)25-21/h3-5,8-13,17-18H,1-2,6-7H2,(H,29,30). The molecule has 6 heteroatoms. The van der Waals surface area contributed by atoms with Crippen LogP contribution in [-0.4, -0.2) is 27.9 Å². The fourth-order valence-electron chi connectivity index (χ4n) is 4.70. The molecule has 30 heavy (non-hydrogen) atoms. The summed E-state index contributed by atoms with van der Waals surface area (Å²) in [4.78, 5) is 43.2. The smallest absolute Gasteiger partial charge is 0.336 e. The summed E-state index contributed by atoms with van der Waals surface area (Å²) in [6, 6.07) is 15.7. The van der Waals surface area contributed by atoms with Crippen LogP contribution in [-0.2, 0) is 9.59 Å². The van der Waals surface area contributed by atoms with Crippen molar-refractivity contribution in [3.63, 3.8) is 0 Å². The second-order valence-corrected chi connectivity index (χ2v) is 7.93. The molecule has 0 radical (unpaired) electrons. The highest BCUT2D eigenvalue weighted by Crippen LogP contribution is 2.40. The summed E-state index contributed by atoms with van der Waals surface area (Å²) < 4.78 is 0. The topological polar surface area (TPSA) is 87.6 Å². The molecule has 2 aromatic carbocycles. The molecule has 6 nitrogen and oxygen atoms in total. The molecule has 1 N–H and O–H groups in total. The number of carbonyl (C=O) groups excluding carboxylic acids is 2. The van der Waals surface area contributed by atoms with Crippen molar-refractivity contribution < 1.29 is 19.5 Å². The number of aromatic nitrogens is 1. The van der Waals surface area contributed by atoms with Crippen LogP contribution in [0.2, 0.25) is 0 Å². The maximum atomic E-state index is 12.8. The van der Waals surface area contributed by atoms with Gasteiger partial charge in [0.15, 0.2) is 0 Å². The zero-order chi connectivity index (χ0) is 20.8. The van der Waals surface area contributed by atoms with E-state index in [0.717, 1.165) is 31.2 Å². The maximum Gasteiger partial charge on any atom is 0.336 e. The molecule has 1 saturated carbocycles. The van der Waals surface area contributed by atoms with Crippen LogP contribution in [0.3, 0.4) is 0 Å². The third-order valence-corrected chi connectivity index (χ3v) is 6.21. The minimum Gasteiger partial charge on any atom is -0.478 e. The number of nitrogens with zero attached hydrogens (tertiary/aromatic N) is 2. The van der Waals surface area contributed by atoms with E-state index in [4.69, 9.17) is 0 Å². The lowest BCUT2D eigenvalue weighted by Gasteiger charge is -2.19. The Bertz CT molecular complexity index is 1160. The highest BCUT2D eigenvalue weighted by atomic mass is 16.4. The molecular formula is C24H20N2O4. The first-order valence-electron chi connectivity index (χ1n) is 10.2. The zero-order valence-electron chi connectivity index (χ0n) is 16.2.